The topological polar surface area (TPSA) is 9.23 Å². The molecule has 0 saturated heterocycles. The SMILES string of the molecule is COc1cc(Cl)cc2scc(C)c12. The van der Waals surface area contributed by atoms with E-state index in [4.69, 9.17) is 16.3 Å². The Morgan fingerprint density at radius 2 is 2.15 bits per heavy atom. The van der Waals surface area contributed by atoms with Crippen molar-refractivity contribution in [2.75, 3.05) is 7.11 Å². The molecule has 1 aromatic carbocycles. The lowest BCUT2D eigenvalue weighted by molar-refractivity contribution is 0.420. The predicted molar refractivity (Wildman–Crippen MR) is 58.1 cm³/mol. The zero-order valence-corrected chi connectivity index (χ0v) is 9.00. The fourth-order valence-electron chi connectivity index (χ4n) is 1.41. The number of benzene rings is 1. The van der Waals surface area contributed by atoms with Crippen LogP contribution < -0.4 is 4.74 Å². The molecule has 0 unspecified atom stereocenters. The van der Waals surface area contributed by atoms with Gasteiger partial charge < -0.3 is 4.74 Å². The van der Waals surface area contributed by atoms with Gasteiger partial charge in [-0.2, -0.15) is 0 Å². The van der Waals surface area contributed by atoms with Gasteiger partial charge in [0.15, 0.2) is 0 Å². The van der Waals surface area contributed by atoms with E-state index in [0.29, 0.717) is 0 Å². The molecule has 0 fully saturated rings. The first kappa shape index (κ1) is 8.85. The molecular weight excluding hydrogens is 204 g/mol. The summed E-state index contributed by atoms with van der Waals surface area (Å²) < 4.78 is 6.45. The van der Waals surface area contributed by atoms with Crippen LogP contribution in [0.3, 0.4) is 0 Å². The number of ether oxygens (including phenoxy) is 1. The molecule has 0 bridgehead atoms. The first-order chi connectivity index (χ1) is 6.22. The van der Waals surface area contributed by atoms with E-state index in [1.807, 2.05) is 12.1 Å². The van der Waals surface area contributed by atoms with Crippen molar-refractivity contribution in [1.29, 1.82) is 0 Å². The van der Waals surface area contributed by atoms with Gasteiger partial charge in [0.2, 0.25) is 0 Å². The Hall–Kier alpha value is -0.730. The Labute approximate surface area is 85.9 Å². The summed E-state index contributed by atoms with van der Waals surface area (Å²) in [6.07, 6.45) is 0. The lowest BCUT2D eigenvalue weighted by Gasteiger charge is -2.03. The number of rotatable bonds is 1. The second kappa shape index (κ2) is 3.20. The second-order valence-corrected chi connectivity index (χ2v) is 4.25. The molecule has 0 N–H and O–H groups in total. The molecule has 0 atom stereocenters. The Bertz CT molecular complexity index is 447. The van der Waals surface area contributed by atoms with Crippen LogP contribution in [0, 0.1) is 6.92 Å². The van der Waals surface area contributed by atoms with Crippen molar-refractivity contribution in [3.05, 3.63) is 28.1 Å². The summed E-state index contributed by atoms with van der Waals surface area (Å²) in [5.41, 5.74) is 1.24. The third-order valence-corrected chi connectivity index (χ3v) is 3.27. The molecule has 1 heterocycles. The van der Waals surface area contributed by atoms with Crippen LogP contribution in [-0.4, -0.2) is 7.11 Å². The highest BCUT2D eigenvalue weighted by Gasteiger charge is 2.07. The predicted octanol–water partition coefficient (Wildman–Crippen LogP) is 3.87. The van der Waals surface area contributed by atoms with Gasteiger partial charge in [-0.25, -0.2) is 0 Å². The molecule has 1 nitrogen and oxygen atoms in total. The van der Waals surface area contributed by atoms with Gasteiger partial charge in [-0.05, 0) is 30.0 Å². The van der Waals surface area contributed by atoms with Crippen LogP contribution in [0.2, 0.25) is 5.02 Å². The molecule has 68 valence electrons. The minimum Gasteiger partial charge on any atom is -0.496 e. The first-order valence-electron chi connectivity index (χ1n) is 3.93. The third kappa shape index (κ3) is 1.40. The van der Waals surface area contributed by atoms with Gasteiger partial charge in [0.25, 0.3) is 0 Å². The molecule has 0 saturated carbocycles. The minimum absolute atomic E-state index is 0.728. The average molecular weight is 213 g/mol. The number of hydrogen-bond acceptors (Lipinski definition) is 2. The largest absolute Gasteiger partial charge is 0.496 e. The van der Waals surface area contributed by atoms with Crippen LogP contribution in [-0.2, 0) is 0 Å². The maximum Gasteiger partial charge on any atom is 0.129 e. The maximum absolute atomic E-state index is 5.94. The summed E-state index contributed by atoms with van der Waals surface area (Å²) in [6, 6.07) is 3.82. The maximum atomic E-state index is 5.94. The Balaban J connectivity index is 2.85. The van der Waals surface area contributed by atoms with Crippen LogP contribution in [0.4, 0.5) is 0 Å². The number of thiophene rings is 1. The molecule has 0 amide bonds. The number of fused-ring (bicyclic) bond motifs is 1. The highest BCUT2D eigenvalue weighted by atomic mass is 35.5. The van der Waals surface area contributed by atoms with E-state index in [1.54, 1.807) is 18.4 Å². The van der Waals surface area contributed by atoms with Gasteiger partial charge in [0, 0.05) is 15.1 Å². The summed E-state index contributed by atoms with van der Waals surface area (Å²) in [5.74, 6) is 0.862. The number of halogens is 1. The summed E-state index contributed by atoms with van der Waals surface area (Å²) in [6.45, 7) is 2.08. The highest BCUT2D eigenvalue weighted by Crippen LogP contribution is 2.35. The van der Waals surface area contributed by atoms with Crippen molar-refractivity contribution in [2.24, 2.45) is 0 Å². The van der Waals surface area contributed by atoms with E-state index in [0.717, 1.165) is 10.8 Å². The zero-order chi connectivity index (χ0) is 9.42. The molecule has 3 heteroatoms. The van der Waals surface area contributed by atoms with Gasteiger partial charge in [-0.3, -0.25) is 0 Å². The van der Waals surface area contributed by atoms with Crippen molar-refractivity contribution in [3.63, 3.8) is 0 Å². The van der Waals surface area contributed by atoms with E-state index in [2.05, 4.69) is 12.3 Å². The fraction of sp³-hybridized carbons (Fsp3) is 0.200. The van der Waals surface area contributed by atoms with Crippen LogP contribution in [0.15, 0.2) is 17.5 Å². The van der Waals surface area contributed by atoms with E-state index in [-0.39, 0.29) is 0 Å². The molecule has 2 rings (SSSR count). The van der Waals surface area contributed by atoms with Gasteiger partial charge in [0.1, 0.15) is 5.75 Å². The van der Waals surface area contributed by atoms with Gasteiger partial charge in [-0.15, -0.1) is 11.3 Å². The fourth-order valence-corrected chi connectivity index (χ4v) is 2.68. The van der Waals surface area contributed by atoms with Crippen molar-refractivity contribution in [2.45, 2.75) is 6.92 Å². The monoisotopic (exact) mass is 212 g/mol. The van der Waals surface area contributed by atoms with Crippen LogP contribution in [0.25, 0.3) is 10.1 Å². The number of hydrogen-bond donors (Lipinski definition) is 0. The molecule has 0 aliphatic carbocycles. The van der Waals surface area contributed by atoms with Crippen molar-refractivity contribution in [1.82, 2.24) is 0 Å². The molecule has 1 aromatic heterocycles. The van der Waals surface area contributed by atoms with Crippen molar-refractivity contribution in [3.8, 4) is 5.75 Å². The number of methoxy groups -OCH3 is 1. The summed E-state index contributed by atoms with van der Waals surface area (Å²) in [5, 5.41) is 4.02. The molecule has 13 heavy (non-hydrogen) atoms. The summed E-state index contributed by atoms with van der Waals surface area (Å²) in [7, 11) is 1.67. The van der Waals surface area contributed by atoms with Crippen LogP contribution in [0.5, 0.6) is 5.75 Å². The number of aryl methyl sites for hydroxylation is 1. The zero-order valence-electron chi connectivity index (χ0n) is 7.43. The summed E-state index contributed by atoms with van der Waals surface area (Å²) in [4.78, 5) is 0. The Kier molecular flexibility index (Phi) is 2.18. The standard InChI is InChI=1S/C10H9ClOS/c1-6-5-13-9-4-7(11)3-8(12-2)10(6)9/h3-5H,1-2H3. The smallest absolute Gasteiger partial charge is 0.129 e. The highest BCUT2D eigenvalue weighted by molar-refractivity contribution is 7.17. The molecule has 0 aliphatic heterocycles. The Morgan fingerprint density at radius 3 is 2.85 bits per heavy atom. The van der Waals surface area contributed by atoms with Crippen molar-refractivity contribution >= 4 is 33.0 Å². The van der Waals surface area contributed by atoms with Crippen LogP contribution in [0.1, 0.15) is 5.56 Å². The average Bonchev–Trinajstić information content (AvgIpc) is 2.46. The quantitative estimate of drug-likeness (QED) is 0.697. The van der Waals surface area contributed by atoms with Gasteiger partial charge in [-0.1, -0.05) is 11.6 Å². The molecule has 0 aliphatic rings. The minimum atomic E-state index is 0.728. The van der Waals surface area contributed by atoms with E-state index in [9.17, 15) is 0 Å². The molecule has 0 radical (unpaired) electrons. The van der Waals surface area contributed by atoms with E-state index < -0.39 is 0 Å². The van der Waals surface area contributed by atoms with E-state index in [1.165, 1.54) is 15.6 Å². The van der Waals surface area contributed by atoms with Crippen LogP contribution >= 0.6 is 22.9 Å². The molecule has 2 aromatic rings. The Morgan fingerprint density at radius 1 is 1.38 bits per heavy atom. The molecule has 0 spiro atoms. The lowest BCUT2D eigenvalue weighted by atomic mass is 10.2. The molecular formula is C10H9ClOS. The van der Waals surface area contributed by atoms with E-state index >= 15 is 0 Å². The van der Waals surface area contributed by atoms with Gasteiger partial charge >= 0.3 is 0 Å². The van der Waals surface area contributed by atoms with Crippen molar-refractivity contribution < 1.29 is 4.74 Å². The summed E-state index contributed by atoms with van der Waals surface area (Å²) >= 11 is 7.63. The lowest BCUT2D eigenvalue weighted by Crippen LogP contribution is -1.83. The first-order valence-corrected chi connectivity index (χ1v) is 5.19. The normalized spacial score (nSPS) is 10.7. The third-order valence-electron chi connectivity index (χ3n) is 2.01. The van der Waals surface area contributed by atoms with Gasteiger partial charge in [0.05, 0.1) is 7.11 Å². The second-order valence-electron chi connectivity index (χ2n) is 2.90.